The monoisotopic (exact) mass is 337 g/mol. The summed E-state index contributed by atoms with van der Waals surface area (Å²) in [6.07, 6.45) is 0. The van der Waals surface area contributed by atoms with Crippen LogP contribution in [0.3, 0.4) is 0 Å². The quantitative estimate of drug-likeness (QED) is 0.753. The summed E-state index contributed by atoms with van der Waals surface area (Å²) in [4.78, 5) is 25.3. The summed E-state index contributed by atoms with van der Waals surface area (Å²) in [5.41, 5.74) is 0.899. The maximum absolute atomic E-state index is 11.9. The number of para-hydroxylation sites is 1. The van der Waals surface area contributed by atoms with Crippen molar-refractivity contribution in [2.75, 3.05) is 34.4 Å². The lowest BCUT2D eigenvalue weighted by molar-refractivity contribution is -0.121. The number of benzene rings is 1. The standard InChI is InChI=1S/C17H27N3O4/c1-12(2)9-18-17(22)19-15(21)11-20(3)10-13-7-6-8-14(23-4)16(13)24-5/h6-8,12H,9-11H2,1-5H3,(H2,18,19,21,22). The van der Waals surface area contributed by atoms with Crippen LogP contribution in [-0.4, -0.2) is 51.2 Å². The van der Waals surface area contributed by atoms with Crippen LogP contribution in [0.1, 0.15) is 19.4 Å². The molecule has 0 fully saturated rings. The number of imide groups is 1. The van der Waals surface area contributed by atoms with Crippen molar-refractivity contribution in [3.05, 3.63) is 23.8 Å². The molecule has 0 aliphatic carbocycles. The molecule has 0 unspecified atom stereocenters. The van der Waals surface area contributed by atoms with Crippen LogP contribution in [0.25, 0.3) is 0 Å². The molecule has 134 valence electrons. The summed E-state index contributed by atoms with van der Waals surface area (Å²) in [6, 6.07) is 5.12. The van der Waals surface area contributed by atoms with Crippen LogP contribution in [0.5, 0.6) is 11.5 Å². The zero-order valence-corrected chi connectivity index (χ0v) is 15.0. The largest absolute Gasteiger partial charge is 0.493 e. The third-order valence-electron chi connectivity index (χ3n) is 3.26. The molecule has 3 amide bonds. The van der Waals surface area contributed by atoms with Gasteiger partial charge in [-0.3, -0.25) is 15.0 Å². The zero-order valence-electron chi connectivity index (χ0n) is 15.0. The molecule has 0 heterocycles. The normalized spacial score (nSPS) is 10.6. The van der Waals surface area contributed by atoms with Gasteiger partial charge in [0.2, 0.25) is 5.91 Å². The van der Waals surface area contributed by atoms with Crippen LogP contribution in [0, 0.1) is 5.92 Å². The first-order valence-electron chi connectivity index (χ1n) is 7.83. The molecule has 1 aromatic carbocycles. The lowest BCUT2D eigenvalue weighted by Crippen LogP contribution is -2.44. The Morgan fingerprint density at radius 3 is 2.50 bits per heavy atom. The molecule has 0 aromatic heterocycles. The number of carbonyl (C=O) groups is 2. The van der Waals surface area contributed by atoms with E-state index in [2.05, 4.69) is 10.6 Å². The highest BCUT2D eigenvalue weighted by atomic mass is 16.5. The highest BCUT2D eigenvalue weighted by molar-refractivity contribution is 5.95. The minimum atomic E-state index is -0.471. The van der Waals surface area contributed by atoms with E-state index in [1.807, 2.05) is 32.0 Å². The Balaban J connectivity index is 2.55. The van der Waals surface area contributed by atoms with Gasteiger partial charge in [-0.25, -0.2) is 4.79 Å². The lowest BCUT2D eigenvalue weighted by Gasteiger charge is -2.19. The van der Waals surface area contributed by atoms with Crippen molar-refractivity contribution in [3.8, 4) is 11.5 Å². The highest BCUT2D eigenvalue weighted by Gasteiger charge is 2.14. The Hall–Kier alpha value is -2.28. The number of hydrogen-bond donors (Lipinski definition) is 2. The van der Waals surface area contributed by atoms with Crippen LogP contribution in [0.4, 0.5) is 4.79 Å². The van der Waals surface area contributed by atoms with Gasteiger partial charge in [-0.1, -0.05) is 26.0 Å². The zero-order chi connectivity index (χ0) is 18.1. The first-order valence-corrected chi connectivity index (χ1v) is 7.83. The van der Waals surface area contributed by atoms with Crippen LogP contribution in [0.2, 0.25) is 0 Å². The third-order valence-corrected chi connectivity index (χ3v) is 3.26. The Morgan fingerprint density at radius 1 is 1.21 bits per heavy atom. The fourth-order valence-electron chi connectivity index (χ4n) is 2.18. The van der Waals surface area contributed by atoms with Gasteiger partial charge in [-0.2, -0.15) is 0 Å². The predicted octanol–water partition coefficient (Wildman–Crippen LogP) is 1.62. The van der Waals surface area contributed by atoms with E-state index >= 15 is 0 Å². The molecule has 0 radical (unpaired) electrons. The van der Waals surface area contributed by atoms with Crippen molar-refractivity contribution >= 4 is 11.9 Å². The van der Waals surface area contributed by atoms with Gasteiger partial charge in [0.05, 0.1) is 20.8 Å². The second-order valence-electron chi connectivity index (χ2n) is 5.98. The van der Waals surface area contributed by atoms with Gasteiger partial charge >= 0.3 is 6.03 Å². The number of nitrogens with one attached hydrogen (secondary N) is 2. The Labute approximate surface area is 143 Å². The number of rotatable bonds is 8. The molecule has 1 aromatic rings. The fraction of sp³-hybridized carbons (Fsp3) is 0.529. The number of ether oxygens (including phenoxy) is 2. The molecule has 0 aliphatic heterocycles. The molecule has 2 N–H and O–H groups in total. The first-order chi connectivity index (χ1) is 11.4. The molecule has 0 bridgehead atoms. The summed E-state index contributed by atoms with van der Waals surface area (Å²) in [5, 5.41) is 4.96. The van der Waals surface area contributed by atoms with E-state index in [0.29, 0.717) is 30.5 Å². The van der Waals surface area contributed by atoms with Crippen molar-refractivity contribution < 1.29 is 19.1 Å². The number of amides is 3. The molecule has 0 aliphatic rings. The molecule has 0 saturated heterocycles. The van der Waals surface area contributed by atoms with E-state index in [1.54, 1.807) is 26.2 Å². The molecule has 24 heavy (non-hydrogen) atoms. The van der Waals surface area contributed by atoms with Gasteiger partial charge in [-0.15, -0.1) is 0 Å². The van der Waals surface area contributed by atoms with E-state index in [0.717, 1.165) is 5.56 Å². The number of nitrogens with zero attached hydrogens (tertiary/aromatic N) is 1. The topological polar surface area (TPSA) is 79.9 Å². The molecule has 7 nitrogen and oxygen atoms in total. The Kier molecular flexibility index (Phi) is 8.05. The second kappa shape index (κ2) is 9.77. The van der Waals surface area contributed by atoms with Crippen LogP contribution in [-0.2, 0) is 11.3 Å². The average Bonchev–Trinajstić information content (AvgIpc) is 2.52. The fourth-order valence-corrected chi connectivity index (χ4v) is 2.18. The Morgan fingerprint density at radius 2 is 1.92 bits per heavy atom. The minimum Gasteiger partial charge on any atom is -0.493 e. The summed E-state index contributed by atoms with van der Waals surface area (Å²) >= 11 is 0. The van der Waals surface area contributed by atoms with Crippen molar-refractivity contribution in [2.45, 2.75) is 20.4 Å². The Bertz CT molecular complexity index is 561. The predicted molar refractivity (Wildman–Crippen MR) is 92.3 cm³/mol. The maximum Gasteiger partial charge on any atom is 0.321 e. The average molecular weight is 337 g/mol. The minimum absolute atomic E-state index is 0.0927. The van der Waals surface area contributed by atoms with Gasteiger partial charge in [0.25, 0.3) is 0 Å². The van der Waals surface area contributed by atoms with E-state index in [4.69, 9.17) is 9.47 Å². The number of hydrogen-bond acceptors (Lipinski definition) is 5. The molecule has 0 atom stereocenters. The maximum atomic E-state index is 11.9. The van der Waals surface area contributed by atoms with Gasteiger partial charge in [0.1, 0.15) is 0 Å². The summed E-state index contributed by atoms with van der Waals surface area (Å²) in [5.74, 6) is 1.25. The van der Waals surface area contributed by atoms with Gasteiger partial charge < -0.3 is 14.8 Å². The summed E-state index contributed by atoms with van der Waals surface area (Å²) < 4.78 is 10.6. The molecule has 0 spiro atoms. The summed E-state index contributed by atoms with van der Waals surface area (Å²) in [7, 11) is 4.95. The summed E-state index contributed by atoms with van der Waals surface area (Å²) in [6.45, 7) is 5.07. The highest BCUT2D eigenvalue weighted by Crippen LogP contribution is 2.31. The smallest absolute Gasteiger partial charge is 0.321 e. The number of carbonyl (C=O) groups excluding carboxylic acids is 2. The lowest BCUT2D eigenvalue weighted by atomic mass is 10.1. The van der Waals surface area contributed by atoms with Gasteiger partial charge in [-0.05, 0) is 19.0 Å². The molecule has 7 heteroatoms. The van der Waals surface area contributed by atoms with Crippen molar-refractivity contribution in [1.29, 1.82) is 0 Å². The van der Waals surface area contributed by atoms with Crippen LogP contribution in [0.15, 0.2) is 18.2 Å². The molecular formula is C17H27N3O4. The van der Waals surface area contributed by atoms with Crippen LogP contribution >= 0.6 is 0 Å². The van der Waals surface area contributed by atoms with Gasteiger partial charge in [0, 0.05) is 18.7 Å². The molecule has 0 saturated carbocycles. The number of methoxy groups -OCH3 is 2. The van der Waals surface area contributed by atoms with E-state index in [1.165, 1.54) is 0 Å². The SMILES string of the molecule is COc1cccc(CN(C)CC(=O)NC(=O)NCC(C)C)c1OC. The van der Waals surface area contributed by atoms with Crippen LogP contribution < -0.4 is 20.1 Å². The van der Waals surface area contributed by atoms with Crippen molar-refractivity contribution in [2.24, 2.45) is 5.92 Å². The number of likely N-dealkylation sites (N-methyl/N-ethyl adjacent to an activating group) is 1. The van der Waals surface area contributed by atoms with Crippen molar-refractivity contribution in [3.63, 3.8) is 0 Å². The van der Waals surface area contributed by atoms with E-state index in [9.17, 15) is 9.59 Å². The van der Waals surface area contributed by atoms with E-state index < -0.39 is 6.03 Å². The molecule has 1 rings (SSSR count). The second-order valence-corrected chi connectivity index (χ2v) is 5.98. The van der Waals surface area contributed by atoms with Gasteiger partial charge in [0.15, 0.2) is 11.5 Å². The first kappa shape index (κ1) is 19.8. The third kappa shape index (κ3) is 6.45. The molecular weight excluding hydrogens is 310 g/mol. The van der Waals surface area contributed by atoms with Crippen molar-refractivity contribution in [1.82, 2.24) is 15.5 Å². The number of urea groups is 1. The van der Waals surface area contributed by atoms with E-state index in [-0.39, 0.29) is 12.5 Å².